The Kier molecular flexibility index (Phi) is 15.9. The molecule has 0 amide bonds. The van der Waals surface area contributed by atoms with E-state index in [4.69, 9.17) is 18.7 Å². The summed E-state index contributed by atoms with van der Waals surface area (Å²) >= 11 is 0. The molecule has 1 atom stereocenters. The Labute approximate surface area is 124 Å². The van der Waals surface area contributed by atoms with Crippen LogP contribution in [0.2, 0.25) is 6.04 Å². The molecule has 20 heavy (non-hydrogen) atoms. The normalized spacial score (nSPS) is 11.6. The first-order chi connectivity index (χ1) is 9.46. The van der Waals surface area contributed by atoms with Gasteiger partial charge >= 0.3 is 15.3 Å². The monoisotopic (exact) mass is 306 g/mol. The SMILES string of the molecule is C=C(C)C(=O)OC(CC)C[SiH](OCC)OCC.CCO. The molecule has 1 N–H and O–H groups in total. The highest BCUT2D eigenvalue weighted by Gasteiger charge is 2.21. The summed E-state index contributed by atoms with van der Waals surface area (Å²) in [6, 6.07) is 0.692. The summed E-state index contributed by atoms with van der Waals surface area (Å²) in [5, 5.41) is 7.57. The van der Waals surface area contributed by atoms with Crippen LogP contribution in [0.5, 0.6) is 0 Å². The maximum Gasteiger partial charge on any atom is 0.333 e. The van der Waals surface area contributed by atoms with Gasteiger partial charge in [-0.3, -0.25) is 0 Å². The number of carbonyl (C=O) groups excluding carboxylic acids is 1. The third-order valence-corrected chi connectivity index (χ3v) is 4.56. The van der Waals surface area contributed by atoms with Crippen molar-refractivity contribution in [1.82, 2.24) is 0 Å². The number of aliphatic hydroxyl groups is 1. The molecule has 0 rings (SSSR count). The molecule has 120 valence electrons. The molecule has 0 saturated carbocycles. The Morgan fingerprint density at radius 3 is 1.95 bits per heavy atom. The maximum atomic E-state index is 11.4. The molecule has 6 heteroatoms. The Morgan fingerprint density at radius 2 is 1.65 bits per heavy atom. The predicted molar refractivity (Wildman–Crippen MR) is 83.0 cm³/mol. The number of aliphatic hydroxyl groups excluding tert-OH is 1. The largest absolute Gasteiger partial charge is 0.459 e. The number of hydrogen-bond donors (Lipinski definition) is 1. The highest BCUT2D eigenvalue weighted by molar-refractivity contribution is 6.44. The molecule has 0 aliphatic carbocycles. The van der Waals surface area contributed by atoms with Gasteiger partial charge in [0.15, 0.2) is 0 Å². The van der Waals surface area contributed by atoms with Gasteiger partial charge < -0.3 is 18.7 Å². The van der Waals surface area contributed by atoms with Gasteiger partial charge in [0.1, 0.15) is 6.10 Å². The van der Waals surface area contributed by atoms with Gasteiger partial charge in [-0.05, 0) is 34.1 Å². The summed E-state index contributed by atoms with van der Waals surface area (Å²) < 4.78 is 16.4. The van der Waals surface area contributed by atoms with Gasteiger partial charge in [0.05, 0.1) is 0 Å². The zero-order chi connectivity index (χ0) is 16.0. The van der Waals surface area contributed by atoms with E-state index >= 15 is 0 Å². The fraction of sp³-hybridized carbons (Fsp3) is 0.786. The lowest BCUT2D eigenvalue weighted by Gasteiger charge is -2.21. The Hall–Kier alpha value is -0.693. The van der Waals surface area contributed by atoms with Crippen molar-refractivity contribution < 1.29 is 23.5 Å². The highest BCUT2D eigenvalue weighted by atomic mass is 28.3. The molecule has 0 aliphatic rings. The van der Waals surface area contributed by atoms with Gasteiger partial charge in [-0.2, -0.15) is 0 Å². The second-order valence-corrected chi connectivity index (χ2v) is 6.11. The minimum Gasteiger partial charge on any atom is -0.459 e. The molecule has 0 spiro atoms. The summed E-state index contributed by atoms with van der Waals surface area (Å²) in [6.45, 7) is 14.3. The molecule has 0 radical (unpaired) electrons. The number of carbonyl (C=O) groups is 1. The summed E-state index contributed by atoms with van der Waals surface area (Å²) in [6.07, 6.45) is 0.636. The Morgan fingerprint density at radius 1 is 1.20 bits per heavy atom. The van der Waals surface area contributed by atoms with Crippen molar-refractivity contribution in [3.63, 3.8) is 0 Å². The van der Waals surface area contributed by atoms with Crippen LogP contribution in [-0.2, 0) is 18.4 Å². The van der Waals surface area contributed by atoms with E-state index in [-0.39, 0.29) is 18.7 Å². The van der Waals surface area contributed by atoms with Crippen LogP contribution in [0.3, 0.4) is 0 Å². The molecular weight excluding hydrogens is 276 g/mol. The third-order valence-electron chi connectivity index (χ3n) is 2.24. The van der Waals surface area contributed by atoms with Crippen LogP contribution in [0.25, 0.3) is 0 Å². The topological polar surface area (TPSA) is 65.0 Å². The number of rotatable bonds is 9. The second-order valence-electron chi connectivity index (χ2n) is 4.11. The predicted octanol–water partition coefficient (Wildman–Crippen LogP) is 2.18. The van der Waals surface area contributed by atoms with Crippen molar-refractivity contribution >= 4 is 15.3 Å². The van der Waals surface area contributed by atoms with Crippen LogP contribution in [0.15, 0.2) is 12.2 Å². The third kappa shape index (κ3) is 12.3. The smallest absolute Gasteiger partial charge is 0.333 e. The summed E-state index contributed by atoms with van der Waals surface area (Å²) in [5.41, 5.74) is 0.425. The minimum absolute atomic E-state index is 0.131. The van der Waals surface area contributed by atoms with Gasteiger partial charge in [0, 0.05) is 31.4 Å². The molecule has 0 aromatic carbocycles. The van der Waals surface area contributed by atoms with E-state index in [1.165, 1.54) is 0 Å². The van der Waals surface area contributed by atoms with Crippen LogP contribution >= 0.6 is 0 Å². The molecule has 5 nitrogen and oxygen atoms in total. The molecule has 0 bridgehead atoms. The molecule has 0 heterocycles. The lowest BCUT2D eigenvalue weighted by Crippen LogP contribution is -2.30. The van der Waals surface area contributed by atoms with E-state index in [0.29, 0.717) is 24.8 Å². The quantitative estimate of drug-likeness (QED) is 0.402. The van der Waals surface area contributed by atoms with Crippen molar-refractivity contribution in [3.8, 4) is 0 Å². The fourth-order valence-corrected chi connectivity index (χ4v) is 3.29. The van der Waals surface area contributed by atoms with E-state index in [2.05, 4.69) is 6.58 Å². The van der Waals surface area contributed by atoms with Crippen LogP contribution in [0.4, 0.5) is 0 Å². The average Bonchev–Trinajstić information content (AvgIpc) is 2.39. The van der Waals surface area contributed by atoms with Gasteiger partial charge in [-0.25, -0.2) is 4.79 Å². The summed E-state index contributed by atoms with van der Waals surface area (Å²) in [4.78, 5) is 11.4. The molecule has 1 unspecified atom stereocenters. The van der Waals surface area contributed by atoms with Crippen LogP contribution in [0, 0.1) is 0 Å². The molecule has 0 aromatic heterocycles. The first kappa shape index (κ1) is 21.6. The fourth-order valence-electron chi connectivity index (χ4n) is 1.32. The molecule has 0 aliphatic heterocycles. The first-order valence-electron chi connectivity index (χ1n) is 7.17. The van der Waals surface area contributed by atoms with E-state index in [1.54, 1.807) is 13.8 Å². The Balaban J connectivity index is 0. The van der Waals surface area contributed by atoms with Crippen molar-refractivity contribution in [1.29, 1.82) is 0 Å². The Bertz CT molecular complexity index is 252. The number of esters is 1. The van der Waals surface area contributed by atoms with Gasteiger partial charge in [-0.15, -0.1) is 0 Å². The van der Waals surface area contributed by atoms with E-state index in [9.17, 15) is 4.79 Å². The van der Waals surface area contributed by atoms with Gasteiger partial charge in [-0.1, -0.05) is 13.5 Å². The first-order valence-corrected chi connectivity index (χ1v) is 8.92. The number of ether oxygens (including phenoxy) is 1. The lowest BCUT2D eigenvalue weighted by molar-refractivity contribution is -0.143. The summed E-state index contributed by atoms with van der Waals surface area (Å²) in [5.74, 6) is -0.336. The van der Waals surface area contributed by atoms with Crippen LogP contribution in [-0.4, -0.2) is 46.3 Å². The zero-order valence-corrected chi connectivity index (χ0v) is 14.6. The standard InChI is InChI=1S/C12H24O4Si.C2H6O/c1-6-11(16-12(13)10(4)5)9-17(14-7-2)15-8-3;1-2-3/h11,17H,4,6-9H2,1-3,5H3;3H,2H2,1H3. The molecule has 0 aromatic rings. The minimum atomic E-state index is -1.71. The maximum absolute atomic E-state index is 11.4. The average molecular weight is 306 g/mol. The van der Waals surface area contributed by atoms with Crippen LogP contribution < -0.4 is 0 Å². The number of hydrogen-bond acceptors (Lipinski definition) is 5. The van der Waals surface area contributed by atoms with Crippen molar-refractivity contribution in [2.75, 3.05) is 19.8 Å². The van der Waals surface area contributed by atoms with Crippen molar-refractivity contribution in [2.24, 2.45) is 0 Å². The summed E-state index contributed by atoms with van der Waals surface area (Å²) in [7, 11) is -1.71. The molecular formula is C14H30O5Si. The second kappa shape index (κ2) is 14.7. The van der Waals surface area contributed by atoms with E-state index in [1.807, 2.05) is 20.8 Å². The van der Waals surface area contributed by atoms with Gasteiger partial charge in [0.2, 0.25) is 0 Å². The van der Waals surface area contributed by atoms with Crippen molar-refractivity contribution in [2.45, 2.75) is 53.2 Å². The van der Waals surface area contributed by atoms with Crippen molar-refractivity contribution in [3.05, 3.63) is 12.2 Å². The molecule has 0 fully saturated rings. The zero-order valence-electron chi connectivity index (χ0n) is 13.5. The van der Waals surface area contributed by atoms with E-state index in [0.717, 1.165) is 6.42 Å². The highest BCUT2D eigenvalue weighted by Crippen LogP contribution is 2.12. The van der Waals surface area contributed by atoms with Gasteiger partial charge in [0.25, 0.3) is 0 Å². The lowest BCUT2D eigenvalue weighted by atomic mass is 10.3. The van der Waals surface area contributed by atoms with Crippen LogP contribution in [0.1, 0.15) is 41.0 Å². The van der Waals surface area contributed by atoms with E-state index < -0.39 is 9.28 Å². The molecule has 0 saturated heterocycles.